The van der Waals surface area contributed by atoms with Crippen LogP contribution >= 0.6 is 0 Å². The van der Waals surface area contributed by atoms with Crippen LogP contribution in [-0.4, -0.2) is 13.8 Å². The number of rotatable bonds is 6. The largest absolute Gasteiger partial charge is 0.304 e. The van der Waals surface area contributed by atoms with Gasteiger partial charge in [0.05, 0.1) is 11.2 Å². The molecule has 0 heterocycles. The zero-order valence-corrected chi connectivity index (χ0v) is 17.4. The summed E-state index contributed by atoms with van der Waals surface area (Å²) in [6.45, 7) is 10.4. The van der Waals surface area contributed by atoms with Crippen molar-refractivity contribution in [2.75, 3.05) is 7.05 Å². The van der Waals surface area contributed by atoms with E-state index in [1.54, 1.807) is 0 Å². The van der Waals surface area contributed by atoms with Gasteiger partial charge >= 0.3 is 0 Å². The van der Waals surface area contributed by atoms with Crippen LogP contribution in [0.5, 0.6) is 0 Å². The summed E-state index contributed by atoms with van der Waals surface area (Å²) in [5, 5.41) is 3.67. The van der Waals surface area contributed by atoms with E-state index in [1.165, 1.54) is 27.8 Å². The van der Waals surface area contributed by atoms with Crippen molar-refractivity contribution in [2.45, 2.75) is 39.2 Å². The number of nitrogens with zero attached hydrogens (tertiary/aromatic N) is 1. The molecule has 2 heteroatoms. The van der Waals surface area contributed by atoms with Gasteiger partial charge in [-0.1, -0.05) is 66.3 Å². The highest BCUT2D eigenvalue weighted by molar-refractivity contribution is 5.76. The third kappa shape index (κ3) is 3.53. The number of nitrogens with one attached hydrogen (secondary N) is 1. The van der Waals surface area contributed by atoms with Crippen LogP contribution in [0.1, 0.15) is 42.0 Å². The Morgan fingerprint density at radius 2 is 1.86 bits per heavy atom. The zero-order valence-electron chi connectivity index (χ0n) is 17.4. The first-order valence-electron chi connectivity index (χ1n) is 9.91. The van der Waals surface area contributed by atoms with Gasteiger partial charge in [-0.25, -0.2) is 0 Å². The first-order valence-corrected chi connectivity index (χ1v) is 9.91. The Kier molecular flexibility index (Phi) is 6.11. The van der Waals surface area contributed by atoms with Gasteiger partial charge in [0.1, 0.15) is 0 Å². The van der Waals surface area contributed by atoms with Crippen molar-refractivity contribution >= 4 is 12.4 Å². The van der Waals surface area contributed by atoms with Crippen molar-refractivity contribution in [1.82, 2.24) is 5.32 Å². The van der Waals surface area contributed by atoms with E-state index in [2.05, 4.69) is 105 Å². The predicted molar refractivity (Wildman–Crippen MR) is 122 cm³/mol. The van der Waals surface area contributed by atoms with E-state index in [4.69, 9.17) is 0 Å². The SMILES string of the molecule is C=N/C(=C(/C)C(NC)(C1=CC=CCC1)c1ccccc1)c1cc(C)ccc1C. The molecule has 144 valence electrons. The van der Waals surface area contributed by atoms with Crippen molar-refractivity contribution in [3.8, 4) is 0 Å². The molecule has 1 unspecified atom stereocenters. The van der Waals surface area contributed by atoms with E-state index in [9.17, 15) is 0 Å². The fraction of sp³-hybridized carbons (Fsp3) is 0.269. The number of hydrogen-bond acceptors (Lipinski definition) is 2. The van der Waals surface area contributed by atoms with E-state index in [0.717, 1.165) is 24.1 Å². The lowest BCUT2D eigenvalue weighted by Crippen LogP contribution is -2.44. The van der Waals surface area contributed by atoms with Crippen LogP contribution in [-0.2, 0) is 5.54 Å². The third-order valence-corrected chi connectivity index (χ3v) is 5.80. The molecule has 28 heavy (non-hydrogen) atoms. The van der Waals surface area contributed by atoms with Crippen LogP contribution in [0, 0.1) is 13.8 Å². The summed E-state index contributed by atoms with van der Waals surface area (Å²) in [5.41, 5.74) is 7.87. The van der Waals surface area contributed by atoms with Gasteiger partial charge in [-0.15, -0.1) is 0 Å². The van der Waals surface area contributed by atoms with Crippen LogP contribution in [0.15, 0.2) is 82.9 Å². The van der Waals surface area contributed by atoms with Gasteiger partial charge in [-0.3, -0.25) is 4.99 Å². The first kappa shape index (κ1) is 20.0. The molecule has 0 saturated heterocycles. The van der Waals surface area contributed by atoms with E-state index in [1.807, 2.05) is 7.05 Å². The lowest BCUT2D eigenvalue weighted by atomic mass is 9.73. The second kappa shape index (κ2) is 8.53. The Morgan fingerprint density at radius 1 is 1.11 bits per heavy atom. The lowest BCUT2D eigenvalue weighted by Gasteiger charge is -2.39. The number of hydrogen-bond donors (Lipinski definition) is 1. The van der Waals surface area contributed by atoms with Crippen molar-refractivity contribution in [3.05, 3.63) is 100 Å². The van der Waals surface area contributed by atoms with Gasteiger partial charge in [0.15, 0.2) is 0 Å². The normalized spacial score (nSPS) is 16.8. The monoisotopic (exact) mass is 370 g/mol. The molecule has 2 nitrogen and oxygen atoms in total. The van der Waals surface area contributed by atoms with Gasteiger partial charge in [-0.05, 0) is 75.7 Å². The van der Waals surface area contributed by atoms with Crippen LogP contribution in [0.2, 0.25) is 0 Å². The second-order valence-electron chi connectivity index (χ2n) is 7.47. The summed E-state index contributed by atoms with van der Waals surface area (Å²) < 4.78 is 0. The second-order valence-corrected chi connectivity index (χ2v) is 7.47. The van der Waals surface area contributed by atoms with Gasteiger partial charge in [0.25, 0.3) is 0 Å². The maximum Gasteiger partial charge on any atom is 0.0888 e. The molecule has 0 fully saturated rings. The number of aryl methyl sites for hydroxylation is 2. The molecule has 2 aromatic carbocycles. The number of allylic oxidation sites excluding steroid dienone is 3. The quantitative estimate of drug-likeness (QED) is 0.608. The molecule has 1 aliphatic rings. The highest BCUT2D eigenvalue weighted by atomic mass is 15.0. The Hall–Kier alpha value is -2.71. The number of likely N-dealkylation sites (N-methyl/N-ethyl adjacent to an activating group) is 1. The molecular weight excluding hydrogens is 340 g/mol. The third-order valence-electron chi connectivity index (χ3n) is 5.80. The summed E-state index contributed by atoms with van der Waals surface area (Å²) >= 11 is 0. The molecule has 0 bridgehead atoms. The molecule has 1 atom stereocenters. The van der Waals surface area contributed by atoms with Gasteiger partial charge in [0, 0.05) is 5.56 Å². The van der Waals surface area contributed by atoms with Crippen molar-refractivity contribution in [3.63, 3.8) is 0 Å². The van der Waals surface area contributed by atoms with E-state index >= 15 is 0 Å². The Morgan fingerprint density at radius 3 is 2.46 bits per heavy atom. The van der Waals surface area contributed by atoms with Crippen LogP contribution in [0.3, 0.4) is 0 Å². The van der Waals surface area contributed by atoms with Crippen molar-refractivity contribution < 1.29 is 0 Å². The zero-order chi connectivity index (χ0) is 20.1. The minimum atomic E-state index is -0.418. The van der Waals surface area contributed by atoms with Crippen molar-refractivity contribution in [2.24, 2.45) is 4.99 Å². The maximum atomic E-state index is 4.54. The van der Waals surface area contributed by atoms with Crippen LogP contribution in [0.4, 0.5) is 0 Å². The summed E-state index contributed by atoms with van der Waals surface area (Å²) in [7, 11) is 2.04. The molecule has 0 aromatic heterocycles. The molecule has 0 radical (unpaired) electrons. The Balaban J connectivity index is 2.34. The molecule has 2 aromatic rings. The standard InChI is InChI=1S/C26H30N2/c1-19-16-17-20(2)24(18-19)25(27-4)21(3)26(28-5,22-12-8-6-9-13-22)23-14-10-7-11-15-23/h6-10,12-14,16-18,28H,4,11,15H2,1-3,5H3/b25-21-. The Bertz CT molecular complexity index is 948. The van der Waals surface area contributed by atoms with E-state index in [-0.39, 0.29) is 0 Å². The summed E-state index contributed by atoms with van der Waals surface area (Å²) in [4.78, 5) is 4.54. The van der Waals surface area contributed by atoms with Crippen LogP contribution < -0.4 is 5.32 Å². The molecular formula is C26H30N2. The highest BCUT2D eigenvalue weighted by Gasteiger charge is 2.38. The minimum absolute atomic E-state index is 0.418. The summed E-state index contributed by atoms with van der Waals surface area (Å²) in [6, 6.07) is 17.2. The van der Waals surface area contributed by atoms with Gasteiger partial charge in [-0.2, -0.15) is 0 Å². The number of aliphatic imine (C=N–C) groups is 1. The summed E-state index contributed by atoms with van der Waals surface area (Å²) in [6.07, 6.45) is 8.71. The van der Waals surface area contributed by atoms with Gasteiger partial charge < -0.3 is 5.32 Å². The molecule has 0 saturated carbocycles. The fourth-order valence-corrected chi connectivity index (χ4v) is 4.31. The van der Waals surface area contributed by atoms with E-state index < -0.39 is 5.54 Å². The highest BCUT2D eigenvalue weighted by Crippen LogP contribution is 2.43. The van der Waals surface area contributed by atoms with Crippen molar-refractivity contribution in [1.29, 1.82) is 0 Å². The summed E-state index contributed by atoms with van der Waals surface area (Å²) in [5.74, 6) is 0. The molecule has 0 aliphatic heterocycles. The fourth-order valence-electron chi connectivity index (χ4n) is 4.31. The van der Waals surface area contributed by atoms with Gasteiger partial charge in [0.2, 0.25) is 0 Å². The minimum Gasteiger partial charge on any atom is -0.304 e. The van der Waals surface area contributed by atoms with Crippen LogP contribution in [0.25, 0.3) is 5.70 Å². The molecule has 1 aliphatic carbocycles. The topological polar surface area (TPSA) is 24.4 Å². The molecule has 0 spiro atoms. The smallest absolute Gasteiger partial charge is 0.0888 e. The predicted octanol–water partition coefficient (Wildman–Crippen LogP) is 6.13. The van der Waals surface area contributed by atoms with E-state index in [0.29, 0.717) is 0 Å². The average Bonchev–Trinajstić information content (AvgIpc) is 2.74. The molecule has 3 rings (SSSR count). The number of benzene rings is 2. The molecule has 1 N–H and O–H groups in total. The Labute approximate surface area is 169 Å². The maximum absolute atomic E-state index is 4.54. The average molecular weight is 371 g/mol. The first-order chi connectivity index (χ1) is 13.5. The lowest BCUT2D eigenvalue weighted by molar-refractivity contribution is 0.484. The molecule has 0 amide bonds.